The van der Waals surface area contributed by atoms with Gasteiger partial charge in [-0.15, -0.1) is 0 Å². The Bertz CT molecular complexity index is 1220. The summed E-state index contributed by atoms with van der Waals surface area (Å²) in [5.41, 5.74) is 4.76. The first-order chi connectivity index (χ1) is 14.4. The predicted molar refractivity (Wildman–Crippen MR) is 113 cm³/mol. The molecule has 2 aromatic carbocycles. The molecule has 3 heterocycles. The Hall–Kier alpha value is -3.03. The van der Waals surface area contributed by atoms with E-state index in [-0.39, 0.29) is 11.8 Å². The molecule has 1 fully saturated rings. The molecule has 0 atom stereocenters. The summed E-state index contributed by atoms with van der Waals surface area (Å²) in [5, 5.41) is 0. The number of nitrogens with zero attached hydrogens (tertiary/aromatic N) is 3. The molecule has 30 heavy (non-hydrogen) atoms. The molecule has 0 aliphatic carbocycles. The van der Waals surface area contributed by atoms with Crippen LogP contribution in [0.4, 0.5) is 0 Å². The van der Waals surface area contributed by atoms with Gasteiger partial charge in [0, 0.05) is 50.6 Å². The fourth-order valence-corrected chi connectivity index (χ4v) is 5.63. The normalized spacial score (nSPS) is 17.1. The number of carbonyl (C=O) groups excluding carboxylic acids is 1. The molecule has 1 aromatic heterocycles. The van der Waals surface area contributed by atoms with Crippen molar-refractivity contribution in [3.63, 3.8) is 0 Å². The van der Waals surface area contributed by atoms with E-state index in [0.29, 0.717) is 24.5 Å². The zero-order valence-corrected chi connectivity index (χ0v) is 17.3. The lowest BCUT2D eigenvalue weighted by molar-refractivity contribution is 0.0816. The summed E-state index contributed by atoms with van der Waals surface area (Å²) in [6.07, 6.45) is 3.47. The second-order valence-corrected chi connectivity index (χ2v) is 9.79. The Morgan fingerprint density at radius 2 is 1.60 bits per heavy atom. The second-order valence-electron chi connectivity index (χ2n) is 7.86. The number of hydrogen-bond donors (Lipinski definition) is 0. The maximum atomic E-state index is 12.9. The van der Waals surface area contributed by atoms with Crippen LogP contribution in [0.5, 0.6) is 0 Å². The molecule has 6 nitrogen and oxygen atoms in total. The van der Waals surface area contributed by atoms with Gasteiger partial charge in [-0.2, -0.15) is 4.31 Å². The van der Waals surface area contributed by atoms with Gasteiger partial charge in [0.25, 0.3) is 5.91 Å². The second kappa shape index (κ2) is 7.04. The van der Waals surface area contributed by atoms with Gasteiger partial charge in [-0.1, -0.05) is 18.2 Å². The van der Waals surface area contributed by atoms with Crippen LogP contribution in [0.15, 0.2) is 71.9 Å². The van der Waals surface area contributed by atoms with Gasteiger partial charge in [0.15, 0.2) is 0 Å². The van der Waals surface area contributed by atoms with Gasteiger partial charge in [0.1, 0.15) is 0 Å². The number of aromatic nitrogens is 1. The van der Waals surface area contributed by atoms with Crippen LogP contribution in [0.25, 0.3) is 11.1 Å². The number of rotatable bonds is 4. The number of sulfonamides is 1. The number of pyridine rings is 1. The lowest BCUT2D eigenvalue weighted by Crippen LogP contribution is -2.48. The Kier molecular flexibility index (Phi) is 4.45. The van der Waals surface area contributed by atoms with E-state index in [9.17, 15) is 13.2 Å². The van der Waals surface area contributed by atoms with Crippen LogP contribution in [0, 0.1) is 0 Å². The summed E-state index contributed by atoms with van der Waals surface area (Å²) in [5.74, 6) is 0.256. The fourth-order valence-electron chi connectivity index (χ4n) is 4.09. The van der Waals surface area contributed by atoms with Crippen LogP contribution in [0.2, 0.25) is 0 Å². The molecule has 152 valence electrons. The fraction of sp³-hybridized carbons (Fsp3) is 0.217. The van der Waals surface area contributed by atoms with Gasteiger partial charge in [0.2, 0.25) is 10.0 Å². The molecule has 0 radical (unpaired) electrons. The van der Waals surface area contributed by atoms with Gasteiger partial charge in [-0.3, -0.25) is 9.78 Å². The molecule has 1 saturated heterocycles. The van der Waals surface area contributed by atoms with E-state index in [1.54, 1.807) is 36.5 Å². The molecule has 0 spiro atoms. The van der Waals surface area contributed by atoms with Crippen LogP contribution in [0.1, 0.15) is 27.4 Å². The third-order valence-electron chi connectivity index (χ3n) is 5.94. The standard InChI is InChI=1S/C23H21N3O3S/c1-25-13-19-12-18(4-7-22(19)23(25)27)16-2-5-21(6-3-16)30(28,29)26-14-20(15-26)17-8-10-24-11-9-17/h2-12,20H,13-15H2,1H3. The van der Waals surface area contributed by atoms with Gasteiger partial charge in [-0.05, 0) is 58.7 Å². The summed E-state index contributed by atoms with van der Waals surface area (Å²) >= 11 is 0. The average Bonchev–Trinajstić information content (AvgIpc) is 3.01. The molecule has 2 aliphatic rings. The van der Waals surface area contributed by atoms with Crippen molar-refractivity contribution >= 4 is 15.9 Å². The lowest BCUT2D eigenvalue weighted by atomic mass is 9.95. The Balaban J connectivity index is 1.33. The molecule has 0 saturated carbocycles. The molecule has 1 amide bonds. The van der Waals surface area contributed by atoms with E-state index in [1.807, 2.05) is 42.5 Å². The largest absolute Gasteiger partial charge is 0.337 e. The number of amides is 1. The monoisotopic (exact) mass is 419 g/mol. The van der Waals surface area contributed by atoms with Crippen LogP contribution >= 0.6 is 0 Å². The smallest absolute Gasteiger partial charge is 0.254 e. The Labute approximate surface area is 175 Å². The van der Waals surface area contributed by atoms with Crippen molar-refractivity contribution in [1.82, 2.24) is 14.2 Å². The first-order valence-electron chi connectivity index (χ1n) is 9.82. The molecule has 7 heteroatoms. The zero-order valence-electron chi connectivity index (χ0n) is 16.5. The first-order valence-corrected chi connectivity index (χ1v) is 11.3. The summed E-state index contributed by atoms with van der Waals surface area (Å²) in [6.45, 7) is 1.57. The Morgan fingerprint density at radius 3 is 2.30 bits per heavy atom. The van der Waals surface area contributed by atoms with E-state index in [0.717, 1.165) is 27.8 Å². The van der Waals surface area contributed by atoms with Crippen molar-refractivity contribution < 1.29 is 13.2 Å². The van der Waals surface area contributed by atoms with Gasteiger partial charge >= 0.3 is 0 Å². The minimum absolute atomic E-state index is 0.0395. The highest BCUT2D eigenvalue weighted by Gasteiger charge is 2.37. The van der Waals surface area contributed by atoms with Crippen LogP contribution in [0.3, 0.4) is 0 Å². The summed E-state index contributed by atoms with van der Waals surface area (Å²) in [4.78, 5) is 18.1. The highest BCUT2D eigenvalue weighted by atomic mass is 32.2. The van der Waals surface area contributed by atoms with Crippen molar-refractivity contribution in [3.05, 3.63) is 83.7 Å². The Morgan fingerprint density at radius 1 is 0.933 bits per heavy atom. The average molecular weight is 420 g/mol. The van der Waals surface area contributed by atoms with Crippen molar-refractivity contribution in [2.24, 2.45) is 0 Å². The number of benzene rings is 2. The highest BCUT2D eigenvalue weighted by molar-refractivity contribution is 7.89. The van der Waals surface area contributed by atoms with Gasteiger partial charge in [-0.25, -0.2) is 8.42 Å². The van der Waals surface area contributed by atoms with E-state index >= 15 is 0 Å². The highest BCUT2D eigenvalue weighted by Crippen LogP contribution is 2.33. The number of carbonyl (C=O) groups is 1. The van der Waals surface area contributed by atoms with Crippen molar-refractivity contribution in [1.29, 1.82) is 0 Å². The minimum atomic E-state index is -3.50. The molecular formula is C23H21N3O3S. The molecule has 0 N–H and O–H groups in total. The van der Waals surface area contributed by atoms with E-state index in [4.69, 9.17) is 0 Å². The van der Waals surface area contributed by atoms with Crippen LogP contribution in [-0.4, -0.2) is 48.7 Å². The SMILES string of the molecule is CN1Cc2cc(-c3ccc(S(=O)(=O)N4CC(c5ccncc5)C4)cc3)ccc2C1=O. The zero-order chi connectivity index (χ0) is 20.9. The molecule has 5 rings (SSSR count). The summed E-state index contributed by atoms with van der Waals surface area (Å²) in [7, 11) is -1.71. The topological polar surface area (TPSA) is 70.6 Å². The predicted octanol–water partition coefficient (Wildman–Crippen LogP) is 3.12. The lowest BCUT2D eigenvalue weighted by Gasteiger charge is -2.38. The van der Waals surface area contributed by atoms with Crippen molar-refractivity contribution in [2.45, 2.75) is 17.4 Å². The minimum Gasteiger partial charge on any atom is -0.337 e. The van der Waals surface area contributed by atoms with E-state index < -0.39 is 10.0 Å². The van der Waals surface area contributed by atoms with E-state index in [1.165, 1.54) is 4.31 Å². The quantitative estimate of drug-likeness (QED) is 0.652. The molecule has 3 aromatic rings. The number of fused-ring (bicyclic) bond motifs is 1. The third kappa shape index (κ3) is 3.11. The first kappa shape index (κ1) is 19.0. The molecular weight excluding hydrogens is 398 g/mol. The van der Waals surface area contributed by atoms with Crippen molar-refractivity contribution in [3.8, 4) is 11.1 Å². The van der Waals surface area contributed by atoms with Gasteiger partial charge < -0.3 is 4.90 Å². The van der Waals surface area contributed by atoms with Crippen LogP contribution in [-0.2, 0) is 16.6 Å². The number of hydrogen-bond acceptors (Lipinski definition) is 4. The summed E-state index contributed by atoms with van der Waals surface area (Å²) in [6, 6.07) is 16.6. The molecule has 2 aliphatic heterocycles. The third-order valence-corrected chi connectivity index (χ3v) is 7.79. The van der Waals surface area contributed by atoms with E-state index in [2.05, 4.69) is 4.98 Å². The molecule has 0 bridgehead atoms. The maximum absolute atomic E-state index is 12.9. The molecule has 0 unspecified atom stereocenters. The maximum Gasteiger partial charge on any atom is 0.254 e. The summed E-state index contributed by atoms with van der Waals surface area (Å²) < 4.78 is 27.4. The van der Waals surface area contributed by atoms with Gasteiger partial charge in [0.05, 0.1) is 4.90 Å². The van der Waals surface area contributed by atoms with Crippen LogP contribution < -0.4 is 0 Å². The van der Waals surface area contributed by atoms with Crippen molar-refractivity contribution in [2.75, 3.05) is 20.1 Å².